The Labute approximate surface area is 110 Å². The number of amidine groups is 1. The lowest BCUT2D eigenvalue weighted by atomic mass is 10.2. The Hall–Kier alpha value is -3.01. The van der Waals surface area contributed by atoms with Crippen LogP contribution in [0.4, 0.5) is 5.69 Å². The van der Waals surface area contributed by atoms with E-state index in [1.807, 2.05) is 0 Å². The Bertz CT molecular complexity index is 586. The average molecular weight is 259 g/mol. The first-order chi connectivity index (χ1) is 8.99. The van der Waals surface area contributed by atoms with Gasteiger partial charge >= 0.3 is 5.97 Å². The van der Waals surface area contributed by atoms with E-state index >= 15 is 0 Å². The van der Waals surface area contributed by atoms with Crippen molar-refractivity contribution in [3.8, 4) is 6.07 Å². The predicted octanol–water partition coefficient (Wildman–Crippen LogP) is 0.249. The molecule has 0 amide bonds. The summed E-state index contributed by atoms with van der Waals surface area (Å²) in [4.78, 5) is 11.3. The second kappa shape index (κ2) is 6.07. The molecule has 0 bridgehead atoms. The molecule has 1 aromatic rings. The number of nitrogens with two attached hydrogens (primary N) is 2. The van der Waals surface area contributed by atoms with Gasteiger partial charge in [-0.05, 0) is 12.1 Å². The van der Waals surface area contributed by atoms with Gasteiger partial charge in [0.25, 0.3) is 0 Å². The number of methoxy groups -OCH3 is 1. The number of carbonyl (C=O) groups excluding carboxylic acids is 1. The highest BCUT2D eigenvalue weighted by atomic mass is 16.5. The Morgan fingerprint density at radius 1 is 1.47 bits per heavy atom. The number of hydrogen-bond acceptors (Lipinski definition) is 6. The van der Waals surface area contributed by atoms with Gasteiger partial charge in [-0.15, -0.1) is 0 Å². The van der Waals surface area contributed by atoms with Gasteiger partial charge in [-0.1, -0.05) is 12.1 Å². The monoisotopic (exact) mass is 259 g/mol. The average Bonchev–Trinajstić information content (AvgIpc) is 2.39. The standard InChI is InChI=1S/C12H13N5O2/c1-19-12(18)9(6-13)11(16)17-8-4-2-3-7(5-8)10(14)15/h2-5,17H,16H2,1H3,(H3,14,15)/b11-9-. The van der Waals surface area contributed by atoms with Crippen LogP contribution in [0.15, 0.2) is 35.7 Å². The number of ether oxygens (including phenoxy) is 1. The van der Waals surface area contributed by atoms with Crippen molar-refractivity contribution in [2.45, 2.75) is 0 Å². The molecule has 19 heavy (non-hydrogen) atoms. The molecular weight excluding hydrogens is 246 g/mol. The highest BCUT2D eigenvalue weighted by Crippen LogP contribution is 2.13. The summed E-state index contributed by atoms with van der Waals surface area (Å²) in [5.41, 5.74) is 11.7. The molecule has 6 N–H and O–H groups in total. The number of esters is 1. The molecule has 7 nitrogen and oxygen atoms in total. The summed E-state index contributed by atoms with van der Waals surface area (Å²) >= 11 is 0. The van der Waals surface area contributed by atoms with Crippen LogP contribution in [0.3, 0.4) is 0 Å². The van der Waals surface area contributed by atoms with Crippen LogP contribution < -0.4 is 16.8 Å². The molecule has 0 spiro atoms. The van der Waals surface area contributed by atoms with E-state index in [4.69, 9.17) is 22.1 Å². The number of rotatable bonds is 4. The molecule has 0 saturated heterocycles. The minimum absolute atomic E-state index is 0.0975. The molecule has 0 aliphatic carbocycles. The number of nitriles is 1. The summed E-state index contributed by atoms with van der Waals surface area (Å²) in [7, 11) is 1.16. The third-order valence-corrected chi connectivity index (χ3v) is 2.22. The van der Waals surface area contributed by atoms with Crippen molar-refractivity contribution >= 4 is 17.5 Å². The highest BCUT2D eigenvalue weighted by molar-refractivity contribution is 5.96. The van der Waals surface area contributed by atoms with E-state index < -0.39 is 5.97 Å². The number of hydrogen-bond donors (Lipinski definition) is 4. The SMILES string of the molecule is COC(=O)/C(C#N)=C(/N)Nc1cccc(C(=N)N)c1. The minimum atomic E-state index is -0.824. The molecule has 0 atom stereocenters. The number of anilines is 1. The lowest BCUT2D eigenvalue weighted by molar-refractivity contribution is -0.135. The fourth-order valence-electron chi connectivity index (χ4n) is 1.30. The summed E-state index contributed by atoms with van der Waals surface area (Å²) in [5, 5.41) is 18.8. The van der Waals surface area contributed by atoms with Crippen LogP contribution in [0.2, 0.25) is 0 Å². The number of nitrogens with zero attached hydrogens (tertiary/aromatic N) is 1. The van der Waals surface area contributed by atoms with Crippen molar-refractivity contribution < 1.29 is 9.53 Å². The van der Waals surface area contributed by atoms with E-state index in [2.05, 4.69) is 10.1 Å². The smallest absolute Gasteiger partial charge is 0.352 e. The van der Waals surface area contributed by atoms with Crippen LogP contribution in [-0.2, 0) is 9.53 Å². The van der Waals surface area contributed by atoms with Crippen molar-refractivity contribution in [2.24, 2.45) is 11.5 Å². The third-order valence-electron chi connectivity index (χ3n) is 2.22. The quantitative estimate of drug-likeness (QED) is 0.201. The lowest BCUT2D eigenvalue weighted by Crippen LogP contribution is -2.18. The van der Waals surface area contributed by atoms with Crippen LogP contribution in [0.5, 0.6) is 0 Å². The molecule has 0 aromatic heterocycles. The van der Waals surface area contributed by atoms with Crippen LogP contribution in [0, 0.1) is 16.7 Å². The molecular formula is C12H13N5O2. The number of carbonyl (C=O) groups is 1. The first-order valence-electron chi connectivity index (χ1n) is 5.19. The van der Waals surface area contributed by atoms with Crippen LogP contribution >= 0.6 is 0 Å². The van der Waals surface area contributed by atoms with Crippen molar-refractivity contribution in [1.82, 2.24) is 0 Å². The normalized spacial score (nSPS) is 10.9. The summed E-state index contributed by atoms with van der Waals surface area (Å²) in [5.74, 6) is -1.05. The van der Waals surface area contributed by atoms with Crippen molar-refractivity contribution in [2.75, 3.05) is 12.4 Å². The first-order valence-corrected chi connectivity index (χ1v) is 5.19. The van der Waals surface area contributed by atoms with E-state index in [0.717, 1.165) is 7.11 Å². The first kappa shape index (κ1) is 14.1. The number of nitrogen functional groups attached to an aromatic ring is 1. The van der Waals surface area contributed by atoms with Crippen molar-refractivity contribution in [1.29, 1.82) is 10.7 Å². The van der Waals surface area contributed by atoms with E-state index in [-0.39, 0.29) is 17.2 Å². The van der Waals surface area contributed by atoms with E-state index in [1.54, 1.807) is 30.3 Å². The fraction of sp³-hybridized carbons (Fsp3) is 0.0833. The van der Waals surface area contributed by atoms with E-state index in [1.165, 1.54) is 0 Å². The molecule has 1 rings (SSSR count). The lowest BCUT2D eigenvalue weighted by Gasteiger charge is -2.09. The van der Waals surface area contributed by atoms with Gasteiger partial charge in [0.1, 0.15) is 17.7 Å². The van der Waals surface area contributed by atoms with Crippen molar-refractivity contribution in [3.05, 3.63) is 41.2 Å². The van der Waals surface area contributed by atoms with Gasteiger partial charge < -0.3 is 21.5 Å². The zero-order chi connectivity index (χ0) is 14.4. The Kier molecular flexibility index (Phi) is 4.49. The van der Waals surface area contributed by atoms with Gasteiger partial charge in [-0.3, -0.25) is 5.41 Å². The molecule has 0 fully saturated rings. The van der Waals surface area contributed by atoms with Crippen molar-refractivity contribution in [3.63, 3.8) is 0 Å². The number of benzene rings is 1. The second-order valence-corrected chi connectivity index (χ2v) is 3.51. The Morgan fingerprint density at radius 2 is 2.16 bits per heavy atom. The van der Waals surface area contributed by atoms with Gasteiger partial charge in [-0.25, -0.2) is 4.79 Å². The Balaban J connectivity index is 3.05. The van der Waals surface area contributed by atoms with Gasteiger partial charge in [-0.2, -0.15) is 5.26 Å². The van der Waals surface area contributed by atoms with Gasteiger partial charge in [0.05, 0.1) is 7.11 Å². The van der Waals surface area contributed by atoms with Crippen LogP contribution in [-0.4, -0.2) is 18.9 Å². The highest BCUT2D eigenvalue weighted by Gasteiger charge is 2.14. The summed E-state index contributed by atoms with van der Waals surface area (Å²) in [6, 6.07) is 8.20. The third kappa shape index (κ3) is 3.47. The maximum absolute atomic E-state index is 11.3. The molecule has 0 saturated carbocycles. The maximum atomic E-state index is 11.3. The topological polar surface area (TPSA) is 138 Å². The predicted molar refractivity (Wildman–Crippen MR) is 69.9 cm³/mol. The Morgan fingerprint density at radius 3 is 2.68 bits per heavy atom. The molecule has 0 radical (unpaired) electrons. The van der Waals surface area contributed by atoms with E-state index in [0.29, 0.717) is 11.3 Å². The van der Waals surface area contributed by atoms with E-state index in [9.17, 15) is 4.79 Å². The molecule has 7 heteroatoms. The van der Waals surface area contributed by atoms with Gasteiger partial charge in [0.15, 0.2) is 5.57 Å². The molecule has 0 heterocycles. The van der Waals surface area contributed by atoms with Gasteiger partial charge in [0.2, 0.25) is 0 Å². The molecule has 0 aliphatic rings. The van der Waals surface area contributed by atoms with Crippen LogP contribution in [0.25, 0.3) is 0 Å². The van der Waals surface area contributed by atoms with Crippen LogP contribution in [0.1, 0.15) is 5.56 Å². The molecule has 98 valence electrons. The second-order valence-electron chi connectivity index (χ2n) is 3.51. The van der Waals surface area contributed by atoms with Gasteiger partial charge in [0, 0.05) is 11.3 Å². The summed E-state index contributed by atoms with van der Waals surface area (Å²) in [6.45, 7) is 0. The summed E-state index contributed by atoms with van der Waals surface area (Å²) in [6.07, 6.45) is 0. The number of nitrogens with one attached hydrogen (secondary N) is 2. The largest absolute Gasteiger partial charge is 0.465 e. The molecule has 0 unspecified atom stereocenters. The molecule has 0 aliphatic heterocycles. The zero-order valence-electron chi connectivity index (χ0n) is 10.2. The summed E-state index contributed by atoms with van der Waals surface area (Å²) < 4.78 is 4.43. The molecule has 1 aromatic carbocycles. The minimum Gasteiger partial charge on any atom is -0.465 e. The zero-order valence-corrected chi connectivity index (χ0v) is 10.2. The fourth-order valence-corrected chi connectivity index (χ4v) is 1.30. The maximum Gasteiger partial charge on any atom is 0.352 e.